The van der Waals surface area contributed by atoms with E-state index in [2.05, 4.69) is 10.3 Å². The van der Waals surface area contributed by atoms with E-state index in [9.17, 15) is 9.59 Å². The first kappa shape index (κ1) is 16.7. The summed E-state index contributed by atoms with van der Waals surface area (Å²) in [4.78, 5) is 30.8. The van der Waals surface area contributed by atoms with Gasteiger partial charge in [0.1, 0.15) is 4.83 Å². The molecule has 3 aromatic rings. The molecule has 1 amide bonds. The molecule has 0 aliphatic rings. The third-order valence-electron chi connectivity index (χ3n) is 3.84. The number of carbonyl (C=O) groups excluding carboxylic acids is 1. The molecule has 0 fully saturated rings. The van der Waals surface area contributed by atoms with Gasteiger partial charge in [0.05, 0.1) is 11.7 Å². The lowest BCUT2D eigenvalue weighted by atomic mass is 10.2. The first-order valence-corrected chi connectivity index (χ1v) is 8.65. The molecule has 0 saturated heterocycles. The summed E-state index contributed by atoms with van der Waals surface area (Å²) < 4.78 is 1.49. The molecule has 0 atom stereocenters. The minimum Gasteiger partial charge on any atom is -0.326 e. The molecule has 2 heterocycles. The SMILES string of the molecule is Cc1sc2ncn(CCC(=O)Nc3cccc(Cl)c3)c(=O)c2c1C. The van der Waals surface area contributed by atoms with Gasteiger partial charge in [0.2, 0.25) is 5.91 Å². The van der Waals surface area contributed by atoms with Gasteiger partial charge >= 0.3 is 0 Å². The van der Waals surface area contributed by atoms with Crippen LogP contribution in [0, 0.1) is 13.8 Å². The second kappa shape index (κ2) is 6.75. The van der Waals surface area contributed by atoms with E-state index in [-0.39, 0.29) is 24.4 Å². The third-order valence-corrected chi connectivity index (χ3v) is 5.19. The van der Waals surface area contributed by atoms with E-state index in [4.69, 9.17) is 11.6 Å². The largest absolute Gasteiger partial charge is 0.326 e. The minimum absolute atomic E-state index is 0.0996. The monoisotopic (exact) mass is 361 g/mol. The summed E-state index contributed by atoms with van der Waals surface area (Å²) >= 11 is 7.40. The summed E-state index contributed by atoms with van der Waals surface area (Å²) in [5.74, 6) is -0.178. The van der Waals surface area contributed by atoms with E-state index in [1.165, 1.54) is 22.2 Å². The van der Waals surface area contributed by atoms with Crippen molar-refractivity contribution in [2.24, 2.45) is 0 Å². The van der Waals surface area contributed by atoms with Gasteiger partial charge in [0.25, 0.3) is 5.56 Å². The van der Waals surface area contributed by atoms with Crippen LogP contribution in [0.15, 0.2) is 35.4 Å². The maximum atomic E-state index is 12.6. The molecule has 3 rings (SSSR count). The molecule has 0 spiro atoms. The highest BCUT2D eigenvalue weighted by atomic mass is 35.5. The zero-order valence-corrected chi connectivity index (χ0v) is 14.9. The Morgan fingerprint density at radius 1 is 1.38 bits per heavy atom. The quantitative estimate of drug-likeness (QED) is 0.769. The Balaban J connectivity index is 1.74. The number of aromatic nitrogens is 2. The van der Waals surface area contributed by atoms with E-state index < -0.39 is 0 Å². The Morgan fingerprint density at radius 3 is 2.92 bits per heavy atom. The van der Waals surface area contributed by atoms with Crippen molar-refractivity contribution in [3.63, 3.8) is 0 Å². The predicted molar refractivity (Wildman–Crippen MR) is 98.1 cm³/mol. The Hall–Kier alpha value is -2.18. The van der Waals surface area contributed by atoms with Crippen LogP contribution in [0.1, 0.15) is 16.9 Å². The highest BCUT2D eigenvalue weighted by molar-refractivity contribution is 7.18. The Kier molecular flexibility index (Phi) is 4.69. The van der Waals surface area contributed by atoms with Gasteiger partial charge in [-0.25, -0.2) is 4.98 Å². The zero-order valence-electron chi connectivity index (χ0n) is 13.3. The van der Waals surface area contributed by atoms with Crippen LogP contribution in [0.2, 0.25) is 5.02 Å². The van der Waals surface area contributed by atoms with Crippen LogP contribution >= 0.6 is 22.9 Å². The van der Waals surface area contributed by atoms with Crippen molar-refractivity contribution >= 4 is 44.7 Å². The normalized spacial score (nSPS) is 11.0. The second-order valence-electron chi connectivity index (χ2n) is 5.52. The van der Waals surface area contributed by atoms with Crippen molar-refractivity contribution in [2.75, 3.05) is 5.32 Å². The molecule has 2 aromatic heterocycles. The minimum atomic E-state index is -0.178. The summed E-state index contributed by atoms with van der Waals surface area (Å²) in [7, 11) is 0. The van der Waals surface area contributed by atoms with Gasteiger partial charge in [0, 0.05) is 28.6 Å². The van der Waals surface area contributed by atoms with Crippen LogP contribution in [0.3, 0.4) is 0 Å². The molecule has 0 unspecified atom stereocenters. The molecular weight excluding hydrogens is 346 g/mol. The van der Waals surface area contributed by atoms with Gasteiger partial charge in [-0.15, -0.1) is 11.3 Å². The Labute approximate surface area is 147 Å². The molecule has 0 radical (unpaired) electrons. The number of fused-ring (bicyclic) bond motifs is 1. The number of anilines is 1. The van der Waals surface area contributed by atoms with Gasteiger partial charge < -0.3 is 5.32 Å². The fourth-order valence-electron chi connectivity index (χ4n) is 2.44. The lowest BCUT2D eigenvalue weighted by Gasteiger charge is -2.07. The molecule has 7 heteroatoms. The maximum absolute atomic E-state index is 12.6. The number of rotatable bonds is 4. The maximum Gasteiger partial charge on any atom is 0.262 e. The fraction of sp³-hybridized carbons (Fsp3) is 0.235. The lowest BCUT2D eigenvalue weighted by molar-refractivity contribution is -0.116. The van der Waals surface area contributed by atoms with E-state index >= 15 is 0 Å². The number of carbonyl (C=O) groups is 1. The molecule has 24 heavy (non-hydrogen) atoms. The standard InChI is InChI=1S/C17H16ClN3O2S/c1-10-11(2)24-16-15(10)17(23)21(9-19-16)7-6-14(22)20-13-5-3-4-12(18)8-13/h3-5,8-9H,6-7H2,1-2H3,(H,20,22). The van der Waals surface area contributed by atoms with Crippen molar-refractivity contribution < 1.29 is 4.79 Å². The number of hydrogen-bond donors (Lipinski definition) is 1. The first-order chi connectivity index (χ1) is 11.5. The number of hydrogen-bond acceptors (Lipinski definition) is 4. The molecule has 5 nitrogen and oxygen atoms in total. The van der Waals surface area contributed by atoms with Gasteiger partial charge in [-0.2, -0.15) is 0 Å². The van der Waals surface area contributed by atoms with Crippen LogP contribution < -0.4 is 10.9 Å². The fourth-order valence-corrected chi connectivity index (χ4v) is 3.62. The first-order valence-electron chi connectivity index (χ1n) is 7.46. The summed E-state index contributed by atoms with van der Waals surface area (Å²) in [6.45, 7) is 4.18. The number of benzene rings is 1. The lowest BCUT2D eigenvalue weighted by Crippen LogP contribution is -2.23. The molecule has 1 aromatic carbocycles. The van der Waals surface area contributed by atoms with Crippen molar-refractivity contribution in [1.82, 2.24) is 9.55 Å². The van der Waals surface area contributed by atoms with Gasteiger partial charge in [-0.05, 0) is 37.6 Å². The second-order valence-corrected chi connectivity index (χ2v) is 7.15. The summed E-state index contributed by atoms with van der Waals surface area (Å²) in [5.41, 5.74) is 1.50. The number of nitrogens with one attached hydrogen (secondary N) is 1. The molecule has 0 aliphatic carbocycles. The highest BCUT2D eigenvalue weighted by Gasteiger charge is 2.12. The van der Waals surface area contributed by atoms with Gasteiger partial charge in [-0.1, -0.05) is 17.7 Å². The number of nitrogens with zero attached hydrogens (tertiary/aromatic N) is 2. The van der Waals surface area contributed by atoms with Crippen molar-refractivity contribution in [2.45, 2.75) is 26.8 Å². The topological polar surface area (TPSA) is 64.0 Å². The van der Waals surface area contributed by atoms with Crippen molar-refractivity contribution in [3.05, 3.63) is 56.4 Å². The van der Waals surface area contributed by atoms with Gasteiger partial charge in [-0.3, -0.25) is 14.2 Å². The average Bonchev–Trinajstić information content (AvgIpc) is 2.82. The molecule has 0 saturated carbocycles. The molecule has 0 aliphatic heterocycles. The number of halogens is 1. The average molecular weight is 362 g/mol. The molecule has 124 valence electrons. The number of aryl methyl sites for hydroxylation is 3. The summed E-state index contributed by atoms with van der Waals surface area (Å²) in [6, 6.07) is 6.95. The van der Waals surface area contributed by atoms with Crippen LogP contribution in [0.5, 0.6) is 0 Å². The predicted octanol–water partition coefficient (Wildman–Crippen LogP) is 3.76. The van der Waals surface area contributed by atoms with Crippen LogP contribution in [-0.4, -0.2) is 15.5 Å². The summed E-state index contributed by atoms with van der Waals surface area (Å²) in [5, 5.41) is 3.97. The molecule has 0 bridgehead atoms. The van der Waals surface area contributed by atoms with Crippen LogP contribution in [-0.2, 0) is 11.3 Å². The van der Waals surface area contributed by atoms with E-state index in [0.717, 1.165) is 15.3 Å². The van der Waals surface area contributed by atoms with Crippen molar-refractivity contribution in [1.29, 1.82) is 0 Å². The Morgan fingerprint density at radius 2 is 2.17 bits per heavy atom. The van der Waals surface area contributed by atoms with Crippen LogP contribution in [0.25, 0.3) is 10.2 Å². The Bertz CT molecular complexity index is 978. The zero-order chi connectivity index (χ0) is 17.3. The van der Waals surface area contributed by atoms with E-state index in [0.29, 0.717) is 16.1 Å². The third kappa shape index (κ3) is 3.34. The van der Waals surface area contributed by atoms with E-state index in [1.807, 2.05) is 13.8 Å². The smallest absolute Gasteiger partial charge is 0.262 e. The molecular formula is C17H16ClN3O2S. The number of thiophene rings is 1. The molecule has 1 N–H and O–H groups in total. The van der Waals surface area contributed by atoms with E-state index in [1.54, 1.807) is 24.3 Å². The highest BCUT2D eigenvalue weighted by Crippen LogP contribution is 2.25. The van der Waals surface area contributed by atoms with Gasteiger partial charge in [0.15, 0.2) is 0 Å². The van der Waals surface area contributed by atoms with Crippen molar-refractivity contribution in [3.8, 4) is 0 Å². The van der Waals surface area contributed by atoms with Crippen LogP contribution in [0.4, 0.5) is 5.69 Å². The number of amides is 1. The summed E-state index contributed by atoms with van der Waals surface area (Å²) in [6.07, 6.45) is 1.69.